The van der Waals surface area contributed by atoms with Crippen LogP contribution in [-0.4, -0.2) is 27.2 Å². The minimum atomic E-state index is -0.110. The zero-order chi connectivity index (χ0) is 22.3. The Kier molecular flexibility index (Phi) is 4.98. The first-order valence-corrected chi connectivity index (χ1v) is 10.8. The number of nitrogens with one attached hydrogen (secondary N) is 1. The molecule has 1 atom stereocenters. The largest absolute Gasteiger partial charge is 0.457 e. The molecular formula is C25H27N5O2. The van der Waals surface area contributed by atoms with Gasteiger partial charge in [-0.25, -0.2) is 9.78 Å². The number of anilines is 1. The van der Waals surface area contributed by atoms with Crippen LogP contribution in [0.15, 0.2) is 71.7 Å². The van der Waals surface area contributed by atoms with Gasteiger partial charge in [-0.2, -0.15) is 0 Å². The Bertz CT molecular complexity index is 1310. The molecule has 7 heteroatoms. The molecule has 1 aliphatic heterocycles. The first-order valence-electron chi connectivity index (χ1n) is 10.8. The van der Waals surface area contributed by atoms with Crippen molar-refractivity contribution in [3.63, 3.8) is 0 Å². The Morgan fingerprint density at radius 3 is 2.50 bits per heavy atom. The highest BCUT2D eigenvalue weighted by Gasteiger charge is 2.32. The molecule has 0 aliphatic carbocycles. The predicted molar refractivity (Wildman–Crippen MR) is 127 cm³/mol. The quantitative estimate of drug-likeness (QED) is 0.510. The van der Waals surface area contributed by atoms with Crippen LogP contribution in [0.1, 0.15) is 26.3 Å². The van der Waals surface area contributed by atoms with Crippen molar-refractivity contribution in [2.45, 2.75) is 26.3 Å². The molecule has 2 aromatic carbocycles. The molecule has 32 heavy (non-hydrogen) atoms. The fourth-order valence-electron chi connectivity index (χ4n) is 4.61. The van der Waals surface area contributed by atoms with Gasteiger partial charge in [-0.05, 0) is 54.3 Å². The first-order chi connectivity index (χ1) is 15.4. The number of piperidine rings is 1. The molecule has 3 N–H and O–H groups in total. The van der Waals surface area contributed by atoms with Crippen molar-refractivity contribution in [3.05, 3.63) is 77.3 Å². The molecule has 2 aromatic heterocycles. The lowest BCUT2D eigenvalue weighted by Crippen LogP contribution is -2.44. The highest BCUT2D eigenvalue weighted by atomic mass is 16.5. The molecule has 1 saturated heterocycles. The van der Waals surface area contributed by atoms with Gasteiger partial charge >= 0.3 is 5.69 Å². The van der Waals surface area contributed by atoms with E-state index in [1.54, 1.807) is 10.8 Å². The van der Waals surface area contributed by atoms with Crippen molar-refractivity contribution in [1.29, 1.82) is 0 Å². The van der Waals surface area contributed by atoms with Gasteiger partial charge in [-0.3, -0.25) is 9.13 Å². The molecule has 7 nitrogen and oxygen atoms in total. The average molecular weight is 430 g/mol. The number of rotatable bonds is 4. The van der Waals surface area contributed by atoms with Crippen LogP contribution in [0.2, 0.25) is 0 Å². The molecule has 4 aromatic rings. The van der Waals surface area contributed by atoms with Crippen molar-refractivity contribution >= 4 is 16.9 Å². The minimum absolute atomic E-state index is 0.0393. The highest BCUT2D eigenvalue weighted by Crippen LogP contribution is 2.33. The molecule has 3 heterocycles. The Morgan fingerprint density at radius 2 is 1.78 bits per heavy atom. The normalized spacial score (nSPS) is 18.0. The second-order valence-corrected chi connectivity index (χ2v) is 9.11. The summed E-state index contributed by atoms with van der Waals surface area (Å²) in [7, 11) is 0. The fourth-order valence-corrected chi connectivity index (χ4v) is 4.61. The summed E-state index contributed by atoms with van der Waals surface area (Å²) in [6.45, 7) is 6.12. The lowest BCUT2D eigenvalue weighted by molar-refractivity contribution is 0.203. The Morgan fingerprint density at radius 1 is 1.06 bits per heavy atom. The van der Waals surface area contributed by atoms with Gasteiger partial charge in [0, 0.05) is 19.3 Å². The van der Waals surface area contributed by atoms with Gasteiger partial charge in [0.25, 0.3) is 0 Å². The van der Waals surface area contributed by atoms with E-state index in [9.17, 15) is 4.79 Å². The third-order valence-electron chi connectivity index (χ3n) is 6.02. The van der Waals surface area contributed by atoms with Crippen molar-refractivity contribution in [2.24, 2.45) is 5.41 Å². The van der Waals surface area contributed by atoms with Crippen LogP contribution in [0.3, 0.4) is 0 Å². The molecule has 164 valence electrons. The third-order valence-corrected chi connectivity index (χ3v) is 6.02. The van der Waals surface area contributed by atoms with Crippen LogP contribution >= 0.6 is 0 Å². The molecule has 0 spiro atoms. The molecule has 0 bridgehead atoms. The molecule has 1 aliphatic rings. The number of fused-ring (bicyclic) bond motifs is 1. The number of hydrogen-bond acceptors (Lipinski definition) is 5. The summed E-state index contributed by atoms with van der Waals surface area (Å²) in [5.74, 6) is 1.79. The maximum Gasteiger partial charge on any atom is 0.334 e. The number of hydrogen-bond donors (Lipinski definition) is 2. The number of imidazole rings is 1. The van der Waals surface area contributed by atoms with E-state index in [0.717, 1.165) is 36.5 Å². The summed E-state index contributed by atoms with van der Waals surface area (Å²) in [6.07, 6.45) is 2.57. The molecule has 0 amide bonds. The predicted octanol–water partition coefficient (Wildman–Crippen LogP) is 4.12. The molecule has 1 unspecified atom stereocenters. The summed E-state index contributed by atoms with van der Waals surface area (Å²) in [5.41, 5.74) is 8.42. The molecule has 1 fully saturated rings. The number of benzene rings is 2. The van der Waals surface area contributed by atoms with Gasteiger partial charge in [-0.1, -0.05) is 32.0 Å². The smallest absolute Gasteiger partial charge is 0.334 e. The van der Waals surface area contributed by atoms with Gasteiger partial charge in [0.05, 0.1) is 17.2 Å². The summed E-state index contributed by atoms with van der Waals surface area (Å²) in [5, 5.41) is 3.48. The van der Waals surface area contributed by atoms with Crippen LogP contribution in [0, 0.1) is 5.41 Å². The van der Waals surface area contributed by atoms with Crippen molar-refractivity contribution < 1.29 is 4.74 Å². The molecule has 5 rings (SSSR count). The van der Waals surface area contributed by atoms with E-state index in [-0.39, 0.29) is 17.1 Å². The third kappa shape index (κ3) is 3.65. The number of nitrogens with two attached hydrogens (primary N) is 1. The second kappa shape index (κ2) is 7.84. The van der Waals surface area contributed by atoms with Gasteiger partial charge in [-0.15, -0.1) is 0 Å². The number of ether oxygens (including phenoxy) is 1. The SMILES string of the molecule is CC1(C)CNCC(n2c(=O)n(-c3ccc(Oc4ccccc4)cc3)c3c(N)nccc32)C1. The lowest BCUT2D eigenvalue weighted by Gasteiger charge is -2.36. The maximum absolute atomic E-state index is 13.7. The minimum Gasteiger partial charge on any atom is -0.457 e. The summed E-state index contributed by atoms with van der Waals surface area (Å²) in [6, 6.07) is 19.0. The van der Waals surface area contributed by atoms with Crippen molar-refractivity contribution in [1.82, 2.24) is 19.4 Å². The summed E-state index contributed by atoms with van der Waals surface area (Å²) in [4.78, 5) is 18.0. The van der Waals surface area contributed by atoms with Crippen LogP contribution in [0.5, 0.6) is 11.5 Å². The highest BCUT2D eigenvalue weighted by molar-refractivity contribution is 5.87. The Labute approximate surface area is 186 Å². The molecule has 0 saturated carbocycles. The van der Waals surface area contributed by atoms with E-state index in [1.807, 2.05) is 65.2 Å². The van der Waals surface area contributed by atoms with Gasteiger partial charge in [0.1, 0.15) is 22.8 Å². The number of para-hydroxylation sites is 1. The van der Waals surface area contributed by atoms with E-state index in [1.165, 1.54) is 0 Å². The monoisotopic (exact) mass is 429 g/mol. The van der Waals surface area contributed by atoms with E-state index in [2.05, 4.69) is 24.1 Å². The van der Waals surface area contributed by atoms with Gasteiger partial charge < -0.3 is 15.8 Å². The van der Waals surface area contributed by atoms with Crippen LogP contribution in [-0.2, 0) is 0 Å². The standard InChI is InChI=1S/C25H27N5O2/c1-25(2)14-18(15-27-16-25)29-21-12-13-28-23(26)22(21)30(24(29)31)17-8-10-20(11-9-17)32-19-6-4-3-5-7-19/h3-13,18,27H,14-16H2,1-2H3,(H2,26,28). The van der Waals surface area contributed by atoms with E-state index >= 15 is 0 Å². The van der Waals surface area contributed by atoms with E-state index in [4.69, 9.17) is 10.5 Å². The van der Waals surface area contributed by atoms with Crippen molar-refractivity contribution in [3.8, 4) is 17.2 Å². The molecular weight excluding hydrogens is 402 g/mol. The van der Waals surface area contributed by atoms with Gasteiger partial charge in [0.2, 0.25) is 0 Å². The Balaban J connectivity index is 1.59. The Hall–Kier alpha value is -3.58. The zero-order valence-electron chi connectivity index (χ0n) is 18.3. The maximum atomic E-state index is 13.7. The number of nitrogens with zero attached hydrogens (tertiary/aromatic N) is 3. The summed E-state index contributed by atoms with van der Waals surface area (Å²) < 4.78 is 9.43. The van der Waals surface area contributed by atoms with Crippen LogP contribution in [0.4, 0.5) is 5.82 Å². The summed E-state index contributed by atoms with van der Waals surface area (Å²) >= 11 is 0. The zero-order valence-corrected chi connectivity index (χ0v) is 18.3. The van der Waals surface area contributed by atoms with Crippen LogP contribution in [0.25, 0.3) is 16.7 Å². The first kappa shape index (κ1) is 20.3. The average Bonchev–Trinajstić information content (AvgIpc) is 3.07. The number of aromatic nitrogens is 3. The lowest BCUT2D eigenvalue weighted by atomic mass is 9.82. The van der Waals surface area contributed by atoms with E-state index in [0.29, 0.717) is 17.1 Å². The van der Waals surface area contributed by atoms with Gasteiger partial charge in [0.15, 0.2) is 0 Å². The van der Waals surface area contributed by atoms with Crippen molar-refractivity contribution in [2.75, 3.05) is 18.8 Å². The molecule has 0 radical (unpaired) electrons. The van der Waals surface area contributed by atoms with Crippen LogP contribution < -0.4 is 21.5 Å². The fraction of sp³-hybridized carbons (Fsp3) is 0.280. The second-order valence-electron chi connectivity index (χ2n) is 9.11. The topological polar surface area (TPSA) is 87.1 Å². The number of pyridine rings is 1. The van der Waals surface area contributed by atoms with E-state index < -0.39 is 0 Å². The number of nitrogen functional groups attached to an aromatic ring is 1.